The molecule has 34 heavy (non-hydrogen) atoms. The van der Waals surface area contributed by atoms with Gasteiger partial charge in [0.25, 0.3) is 5.91 Å². The van der Waals surface area contributed by atoms with Crippen LogP contribution in [0.1, 0.15) is 54.9 Å². The maximum Gasteiger partial charge on any atom is 0.255 e. The van der Waals surface area contributed by atoms with Crippen LogP contribution in [-0.4, -0.2) is 28.5 Å². The molecule has 3 heterocycles. The Bertz CT molecular complexity index is 1190. The second-order valence-corrected chi connectivity index (χ2v) is 9.31. The molecule has 0 saturated heterocycles. The zero-order chi connectivity index (χ0) is 24.3. The number of fused-ring (bicyclic) bond motifs is 1. The monoisotopic (exact) mass is 462 g/mol. The Morgan fingerprint density at radius 3 is 2.62 bits per heavy atom. The van der Waals surface area contributed by atoms with Crippen molar-refractivity contribution >= 4 is 28.8 Å². The van der Waals surface area contributed by atoms with Crippen molar-refractivity contribution in [1.82, 2.24) is 20.6 Å². The lowest BCUT2D eigenvalue weighted by Crippen LogP contribution is -2.30. The third kappa shape index (κ3) is 5.69. The van der Waals surface area contributed by atoms with Gasteiger partial charge < -0.3 is 21.3 Å². The molecule has 2 aromatic heterocycles. The van der Waals surface area contributed by atoms with Gasteiger partial charge >= 0.3 is 0 Å². The maximum absolute atomic E-state index is 14.4. The van der Waals surface area contributed by atoms with Gasteiger partial charge in [0, 0.05) is 42.4 Å². The zero-order valence-corrected chi connectivity index (χ0v) is 20.0. The number of halogens is 1. The minimum Gasteiger partial charge on any atom is -0.355 e. The standard InChI is InChI=1S/C26H31FN6O/c1-16(2)31-25(34)21-15-30-24(33-19-6-5-17-7-9-28-14-18(17)11-19)13-22(21)32-20-8-10-29-23(12-20)26(3,4)27/h5-6,8,10-13,15-16,28H,7,9,14H2,1-4H3,(H,31,34)(H2,29,30,32,33). The first-order chi connectivity index (χ1) is 16.2. The summed E-state index contributed by atoms with van der Waals surface area (Å²) in [6.07, 6.45) is 4.11. The van der Waals surface area contributed by atoms with Crippen LogP contribution < -0.4 is 21.3 Å². The Morgan fingerprint density at radius 2 is 1.85 bits per heavy atom. The second kappa shape index (κ2) is 9.77. The fraction of sp³-hybridized carbons (Fsp3) is 0.346. The summed E-state index contributed by atoms with van der Waals surface area (Å²) in [5.74, 6) is 0.351. The van der Waals surface area contributed by atoms with E-state index in [9.17, 15) is 9.18 Å². The van der Waals surface area contributed by atoms with Crippen molar-refractivity contribution in [2.45, 2.75) is 52.4 Å². The van der Waals surface area contributed by atoms with Crippen LogP contribution in [0.25, 0.3) is 0 Å². The topological polar surface area (TPSA) is 91.0 Å². The SMILES string of the molecule is CC(C)NC(=O)c1cnc(Nc2ccc3c(c2)CNCC3)cc1Nc1ccnc(C(C)(C)F)c1. The van der Waals surface area contributed by atoms with Gasteiger partial charge in [0.2, 0.25) is 0 Å². The molecular weight excluding hydrogens is 431 g/mol. The average molecular weight is 463 g/mol. The van der Waals surface area contributed by atoms with E-state index < -0.39 is 5.67 Å². The fourth-order valence-corrected chi connectivity index (χ4v) is 3.84. The third-order valence-electron chi connectivity index (χ3n) is 5.58. The Kier molecular flexibility index (Phi) is 6.79. The number of benzene rings is 1. The lowest BCUT2D eigenvalue weighted by Gasteiger charge is -2.19. The first kappa shape index (κ1) is 23.6. The molecule has 0 spiro atoms. The highest BCUT2D eigenvalue weighted by Gasteiger charge is 2.21. The maximum atomic E-state index is 14.4. The molecule has 3 aromatic rings. The molecule has 178 valence electrons. The smallest absolute Gasteiger partial charge is 0.255 e. The van der Waals surface area contributed by atoms with Crippen LogP contribution in [-0.2, 0) is 18.6 Å². The van der Waals surface area contributed by atoms with Gasteiger partial charge in [-0.3, -0.25) is 9.78 Å². The molecule has 0 aliphatic carbocycles. The molecule has 0 atom stereocenters. The van der Waals surface area contributed by atoms with E-state index in [-0.39, 0.29) is 11.9 Å². The van der Waals surface area contributed by atoms with E-state index >= 15 is 0 Å². The van der Waals surface area contributed by atoms with E-state index in [4.69, 9.17) is 0 Å². The van der Waals surface area contributed by atoms with Crippen molar-refractivity contribution in [3.63, 3.8) is 0 Å². The van der Waals surface area contributed by atoms with E-state index in [1.807, 2.05) is 19.9 Å². The molecule has 0 saturated carbocycles. The lowest BCUT2D eigenvalue weighted by molar-refractivity contribution is 0.0943. The summed E-state index contributed by atoms with van der Waals surface area (Å²) in [5.41, 5.74) is 3.85. The number of nitrogens with zero attached hydrogens (tertiary/aromatic N) is 2. The van der Waals surface area contributed by atoms with Gasteiger partial charge in [0.05, 0.1) is 16.9 Å². The summed E-state index contributed by atoms with van der Waals surface area (Å²) in [6.45, 7) is 8.56. The number of anilines is 4. The normalized spacial score (nSPS) is 13.4. The van der Waals surface area contributed by atoms with E-state index in [0.29, 0.717) is 28.5 Å². The predicted molar refractivity (Wildman–Crippen MR) is 134 cm³/mol. The van der Waals surface area contributed by atoms with E-state index in [1.165, 1.54) is 25.0 Å². The van der Waals surface area contributed by atoms with Gasteiger partial charge in [0.1, 0.15) is 11.5 Å². The van der Waals surface area contributed by atoms with Crippen molar-refractivity contribution in [2.75, 3.05) is 17.2 Å². The summed E-state index contributed by atoms with van der Waals surface area (Å²) < 4.78 is 14.4. The summed E-state index contributed by atoms with van der Waals surface area (Å²) in [7, 11) is 0. The first-order valence-electron chi connectivity index (χ1n) is 11.5. The minimum absolute atomic E-state index is 0.0258. The van der Waals surface area contributed by atoms with E-state index in [2.05, 4.69) is 43.4 Å². The molecule has 0 bridgehead atoms. The van der Waals surface area contributed by atoms with Gasteiger partial charge in [-0.1, -0.05) is 6.07 Å². The van der Waals surface area contributed by atoms with Crippen LogP contribution in [0.4, 0.5) is 27.3 Å². The molecule has 0 fully saturated rings. The molecule has 7 nitrogen and oxygen atoms in total. The van der Waals surface area contributed by atoms with Crippen molar-refractivity contribution in [3.05, 3.63) is 71.2 Å². The van der Waals surface area contributed by atoms with Gasteiger partial charge in [-0.25, -0.2) is 9.37 Å². The Morgan fingerprint density at radius 1 is 1.06 bits per heavy atom. The van der Waals surface area contributed by atoms with Crippen molar-refractivity contribution in [3.8, 4) is 0 Å². The number of alkyl halides is 1. The molecule has 1 aromatic carbocycles. The highest BCUT2D eigenvalue weighted by Crippen LogP contribution is 2.29. The van der Waals surface area contributed by atoms with Crippen molar-refractivity contribution in [1.29, 1.82) is 0 Å². The molecule has 1 aliphatic heterocycles. The van der Waals surface area contributed by atoms with Gasteiger partial charge in [-0.05, 0) is 76.1 Å². The number of carbonyl (C=O) groups is 1. The fourth-order valence-electron chi connectivity index (χ4n) is 3.84. The Balaban J connectivity index is 1.65. The number of pyridine rings is 2. The van der Waals surface area contributed by atoms with Crippen LogP contribution in [0.3, 0.4) is 0 Å². The summed E-state index contributed by atoms with van der Waals surface area (Å²) in [4.78, 5) is 21.4. The highest BCUT2D eigenvalue weighted by molar-refractivity contribution is 6.00. The first-order valence-corrected chi connectivity index (χ1v) is 11.5. The highest BCUT2D eigenvalue weighted by atomic mass is 19.1. The summed E-state index contributed by atoms with van der Waals surface area (Å²) in [5, 5.41) is 12.9. The molecule has 0 radical (unpaired) electrons. The number of aromatic nitrogens is 2. The number of hydrogen-bond acceptors (Lipinski definition) is 6. The average Bonchev–Trinajstić information content (AvgIpc) is 2.78. The largest absolute Gasteiger partial charge is 0.355 e. The van der Waals surface area contributed by atoms with Crippen molar-refractivity contribution in [2.24, 2.45) is 0 Å². The molecule has 0 unspecified atom stereocenters. The molecule has 1 aliphatic rings. The van der Waals surface area contributed by atoms with E-state index in [1.54, 1.807) is 30.6 Å². The predicted octanol–water partition coefficient (Wildman–Crippen LogP) is 4.95. The molecule has 1 amide bonds. The number of amides is 1. The summed E-state index contributed by atoms with van der Waals surface area (Å²) >= 11 is 0. The Hall–Kier alpha value is -3.52. The number of carbonyl (C=O) groups excluding carboxylic acids is 1. The third-order valence-corrected chi connectivity index (χ3v) is 5.58. The van der Waals surface area contributed by atoms with Crippen LogP contribution >= 0.6 is 0 Å². The van der Waals surface area contributed by atoms with Crippen molar-refractivity contribution < 1.29 is 9.18 Å². The second-order valence-electron chi connectivity index (χ2n) is 9.31. The molecule has 4 rings (SSSR count). The van der Waals surface area contributed by atoms with Crippen LogP contribution in [0.15, 0.2) is 48.8 Å². The van der Waals surface area contributed by atoms with E-state index in [0.717, 1.165) is 25.2 Å². The quantitative estimate of drug-likeness (QED) is 0.397. The Labute approximate surface area is 199 Å². The minimum atomic E-state index is -1.58. The molecular formula is C26H31FN6O. The van der Waals surface area contributed by atoms with Crippen LogP contribution in [0.2, 0.25) is 0 Å². The number of rotatable bonds is 7. The van der Waals surface area contributed by atoms with Gasteiger partial charge in [0.15, 0.2) is 0 Å². The molecule has 8 heteroatoms. The van der Waals surface area contributed by atoms with Crippen LogP contribution in [0.5, 0.6) is 0 Å². The van der Waals surface area contributed by atoms with Gasteiger partial charge in [-0.2, -0.15) is 0 Å². The zero-order valence-electron chi connectivity index (χ0n) is 20.0. The molecule has 4 N–H and O–H groups in total. The van der Waals surface area contributed by atoms with Gasteiger partial charge in [-0.15, -0.1) is 0 Å². The number of nitrogens with one attached hydrogen (secondary N) is 4. The lowest BCUT2D eigenvalue weighted by atomic mass is 10.0. The summed E-state index contributed by atoms with van der Waals surface area (Å²) in [6, 6.07) is 11.4. The number of hydrogen-bond donors (Lipinski definition) is 4. The van der Waals surface area contributed by atoms with Crippen LogP contribution in [0, 0.1) is 0 Å².